The zero-order valence-corrected chi connectivity index (χ0v) is 28.4. The highest BCUT2D eigenvalue weighted by molar-refractivity contribution is 14.1. The van der Waals surface area contributed by atoms with Crippen LogP contribution < -0.4 is 11.5 Å². The number of carbonyl (C=O) groups is 3. The average Bonchev–Trinajstić information content (AvgIpc) is 3.12. The number of nitrogens with zero attached hydrogens (tertiary/aromatic N) is 4. The normalized spacial score (nSPS) is 11.3. The minimum atomic E-state index is -0.563. The van der Waals surface area contributed by atoms with Crippen molar-refractivity contribution in [3.63, 3.8) is 0 Å². The average molecular weight is 744 g/mol. The molecule has 0 saturated carbocycles. The number of hydrogen-bond acceptors (Lipinski definition) is 11. The number of aryl methyl sites for hydroxylation is 1. The molecule has 0 spiro atoms. The summed E-state index contributed by atoms with van der Waals surface area (Å²) in [6, 6.07) is 18.7. The van der Waals surface area contributed by atoms with E-state index < -0.39 is 12.0 Å². The number of hydrogen-bond donors (Lipinski definition) is 2. The Morgan fingerprint density at radius 1 is 0.804 bits per heavy atom. The van der Waals surface area contributed by atoms with Crippen molar-refractivity contribution in [2.24, 2.45) is 17.4 Å². The predicted molar refractivity (Wildman–Crippen MR) is 186 cm³/mol. The van der Waals surface area contributed by atoms with Crippen LogP contribution in [0, 0.1) is 5.92 Å². The molecule has 0 aliphatic heterocycles. The second kappa shape index (κ2) is 25.1. The van der Waals surface area contributed by atoms with Crippen molar-refractivity contribution in [2.75, 3.05) is 19.1 Å². The van der Waals surface area contributed by atoms with E-state index in [0.717, 1.165) is 22.5 Å². The third-order valence-electron chi connectivity index (χ3n) is 6.24. The maximum Gasteiger partial charge on any atom is 0.322 e. The zero-order chi connectivity index (χ0) is 34.7. The summed E-state index contributed by atoms with van der Waals surface area (Å²) in [4.78, 5) is 51.4. The van der Waals surface area contributed by atoms with Crippen LogP contribution in [0.25, 0.3) is 0 Å². The molecule has 4 aromatic rings. The highest BCUT2D eigenvalue weighted by Crippen LogP contribution is 2.16. The molecule has 0 aliphatic carbocycles. The topological polar surface area (TPSA) is 173 Å². The quantitative estimate of drug-likeness (QED) is 0.122. The van der Waals surface area contributed by atoms with Gasteiger partial charge in [-0.25, -0.2) is 0 Å². The van der Waals surface area contributed by atoms with Crippen LogP contribution in [0.2, 0.25) is 0 Å². The fourth-order valence-electron chi connectivity index (χ4n) is 3.95. The highest BCUT2D eigenvalue weighted by Gasteiger charge is 2.23. The summed E-state index contributed by atoms with van der Waals surface area (Å²) in [6.45, 7) is 0.466. The summed E-state index contributed by atoms with van der Waals surface area (Å²) in [7, 11) is 2.69. The van der Waals surface area contributed by atoms with Crippen molar-refractivity contribution >= 4 is 40.3 Å². The minimum absolute atomic E-state index is 0.0296. The number of halogens is 1. The lowest BCUT2D eigenvalue weighted by atomic mass is 9.93. The Morgan fingerprint density at radius 3 is 1.74 bits per heavy atom. The Hall–Kier alpha value is -4.14. The molecular formula is C34H43IN6O5. The number of alkyl halides is 1. The lowest BCUT2D eigenvalue weighted by Crippen LogP contribution is -2.33. The van der Waals surface area contributed by atoms with Gasteiger partial charge in [-0.1, -0.05) is 83.3 Å². The van der Waals surface area contributed by atoms with Crippen LogP contribution in [-0.4, -0.2) is 62.8 Å². The summed E-state index contributed by atoms with van der Waals surface area (Å²) in [6.07, 6.45) is 11.8. The Balaban J connectivity index is 0.000000384. The Morgan fingerprint density at radius 2 is 1.30 bits per heavy atom. The molecule has 0 aliphatic rings. The summed E-state index contributed by atoms with van der Waals surface area (Å²) in [5.41, 5.74) is 14.5. The maximum atomic E-state index is 12.2. The number of aromatic nitrogens is 4. The van der Waals surface area contributed by atoms with E-state index in [1.165, 1.54) is 14.2 Å². The monoisotopic (exact) mass is 743 g/mol. The second-order valence-electron chi connectivity index (χ2n) is 9.57. The van der Waals surface area contributed by atoms with Crippen LogP contribution in [0.1, 0.15) is 36.7 Å². The predicted octanol–water partition coefficient (Wildman–Crippen LogP) is 4.12. The van der Waals surface area contributed by atoms with Crippen LogP contribution in [0.4, 0.5) is 0 Å². The number of carbonyl (C=O) groups excluding carboxylic acids is 3. The Bertz CT molecular complexity index is 1390. The number of ether oxygens (including phenoxy) is 2. The maximum absolute atomic E-state index is 12.2. The lowest BCUT2D eigenvalue weighted by Gasteiger charge is -2.14. The number of rotatable bonds is 12. The summed E-state index contributed by atoms with van der Waals surface area (Å²) >= 11 is 1.96. The van der Waals surface area contributed by atoms with Crippen molar-refractivity contribution < 1.29 is 25.2 Å². The smallest absolute Gasteiger partial charge is 0.322 e. The first-order chi connectivity index (χ1) is 22.8. The molecule has 0 bridgehead atoms. The molecule has 4 N–H and O–H groups in total. The Kier molecular flexibility index (Phi) is 20.8. The molecule has 2 aromatic heterocycles. The van der Waals surface area contributed by atoms with E-state index in [0.29, 0.717) is 37.1 Å². The van der Waals surface area contributed by atoms with Gasteiger partial charge in [0.1, 0.15) is 11.8 Å². The van der Waals surface area contributed by atoms with Crippen molar-refractivity contribution in [2.45, 2.75) is 44.7 Å². The SMILES string of the molecule is COC(=O)[C@@H](CC(=O)CCc1cnccn1)Cc1ccccc1.COC(=O)[C@@H](N)Cc1ccccc1.NCc1cnccn1.[2H]CI. The fraction of sp³-hybridized carbons (Fsp3) is 0.324. The molecule has 11 nitrogen and oxygen atoms in total. The van der Waals surface area contributed by atoms with Crippen LogP contribution in [0.3, 0.4) is 0 Å². The standard InChI is InChI=1S/C18H20N2O3.C10H13NO2.C5H7N3.CH3I/c1-23-18(22)15(11-14-5-3-2-4-6-14)12-17(21)8-7-16-13-19-9-10-20-16;1-13-10(12)9(11)7-8-5-3-2-4-6-8;6-3-5-4-7-1-2-8-5;1-2/h2-6,9-10,13,15H,7-8,11-12H2,1H3;2-6,9H,7,11H2,1H3;1-2,4H,3,6H2;1H3/t15-;9-;;/m10../s1/i;;;1D. The number of nitrogens with two attached hydrogens (primary N) is 2. The van der Waals surface area contributed by atoms with Gasteiger partial charge in [-0.05, 0) is 35.3 Å². The lowest BCUT2D eigenvalue weighted by molar-refractivity contribution is -0.147. The van der Waals surface area contributed by atoms with Gasteiger partial charge in [0.25, 0.3) is 0 Å². The molecule has 2 aromatic carbocycles. The number of esters is 2. The zero-order valence-electron chi connectivity index (χ0n) is 27.2. The van der Waals surface area contributed by atoms with Gasteiger partial charge in [-0.15, -0.1) is 0 Å². The molecule has 4 rings (SSSR count). The van der Waals surface area contributed by atoms with E-state index in [1.807, 2.05) is 83.3 Å². The van der Waals surface area contributed by atoms with E-state index in [1.54, 1.807) is 37.2 Å². The fourth-order valence-corrected chi connectivity index (χ4v) is 3.95. The van der Waals surface area contributed by atoms with Gasteiger partial charge in [-0.3, -0.25) is 34.3 Å². The number of methoxy groups -OCH3 is 2. The molecule has 0 saturated heterocycles. The van der Waals surface area contributed by atoms with E-state index >= 15 is 0 Å². The summed E-state index contributed by atoms with van der Waals surface area (Å²) < 4.78 is 15.5. The van der Waals surface area contributed by atoms with Crippen LogP contribution in [0.5, 0.6) is 0 Å². The van der Waals surface area contributed by atoms with Gasteiger partial charge in [0.2, 0.25) is 0 Å². The van der Waals surface area contributed by atoms with Gasteiger partial charge in [0.05, 0.1) is 31.5 Å². The number of benzene rings is 2. The molecule has 12 heteroatoms. The van der Waals surface area contributed by atoms with E-state index in [-0.39, 0.29) is 24.1 Å². The van der Waals surface area contributed by atoms with Gasteiger partial charge >= 0.3 is 11.9 Å². The van der Waals surface area contributed by atoms with Gasteiger partial charge < -0.3 is 20.9 Å². The third kappa shape index (κ3) is 17.4. The first-order valence-corrected chi connectivity index (χ1v) is 15.9. The van der Waals surface area contributed by atoms with E-state index in [9.17, 15) is 14.4 Å². The van der Waals surface area contributed by atoms with Gasteiger partial charge in [0, 0.05) is 57.9 Å². The van der Waals surface area contributed by atoms with Gasteiger partial charge in [0.15, 0.2) is 0 Å². The molecule has 0 fully saturated rings. The summed E-state index contributed by atoms with van der Waals surface area (Å²) in [5, 5.41) is 0. The van der Waals surface area contributed by atoms with Crippen LogP contribution in [-0.2, 0) is 49.7 Å². The van der Waals surface area contributed by atoms with Crippen molar-refractivity contribution in [1.82, 2.24) is 19.9 Å². The molecule has 0 amide bonds. The van der Waals surface area contributed by atoms with E-state index in [4.69, 9.17) is 17.6 Å². The molecular weight excluding hydrogens is 699 g/mol. The second-order valence-corrected chi connectivity index (χ2v) is 9.57. The molecule has 2 heterocycles. The van der Waals surface area contributed by atoms with Crippen molar-refractivity contribution in [1.29, 1.82) is 0 Å². The molecule has 0 unspecified atom stereocenters. The van der Waals surface area contributed by atoms with Gasteiger partial charge in [-0.2, -0.15) is 0 Å². The molecule has 246 valence electrons. The first kappa shape index (κ1) is 38.0. The third-order valence-corrected chi connectivity index (χ3v) is 6.24. The summed E-state index contributed by atoms with van der Waals surface area (Å²) in [5.74, 6) is -1.13. The number of ketones is 1. The molecule has 0 radical (unpaired) electrons. The van der Waals surface area contributed by atoms with Crippen molar-refractivity contribution in [3.05, 3.63) is 120 Å². The highest BCUT2D eigenvalue weighted by atomic mass is 127. The minimum Gasteiger partial charge on any atom is -0.469 e. The first-order valence-electron chi connectivity index (χ1n) is 15.0. The van der Waals surface area contributed by atoms with Crippen LogP contribution in [0.15, 0.2) is 97.8 Å². The molecule has 2 atom stereocenters. The number of Topliss-reactive ketones (excluding diaryl/α,β-unsaturated/α-hetero) is 1. The van der Waals surface area contributed by atoms with E-state index in [2.05, 4.69) is 24.7 Å². The van der Waals surface area contributed by atoms with Crippen LogP contribution >= 0.6 is 22.6 Å². The largest absolute Gasteiger partial charge is 0.469 e. The Labute approximate surface area is 286 Å². The van der Waals surface area contributed by atoms with Crippen molar-refractivity contribution in [3.8, 4) is 0 Å². The molecule has 46 heavy (non-hydrogen) atoms.